The molecule has 1 N–H and O–H groups in total. The number of thioether (sulfide) groups is 1. The molecule has 0 aliphatic carbocycles. The van der Waals surface area contributed by atoms with Crippen molar-refractivity contribution in [2.45, 2.75) is 23.4 Å². The molecule has 0 saturated heterocycles. The van der Waals surface area contributed by atoms with Gasteiger partial charge >= 0.3 is 0 Å². The van der Waals surface area contributed by atoms with Gasteiger partial charge < -0.3 is 4.98 Å². The first-order chi connectivity index (χ1) is 11.6. The number of fused-ring (bicyclic) bond motifs is 1. The standard InChI is InChI=1S/C16H13N3OS4/c1-8-6-23-16(17-8)24-9(2)13-18-14(20)12-10(7-22-15(12)19-13)11-4-3-5-21-11/h3-7,9H,1-2H3,(H,18,19,20)/t9-/m1/s1. The van der Waals surface area contributed by atoms with E-state index in [0.717, 1.165) is 25.3 Å². The van der Waals surface area contributed by atoms with E-state index in [2.05, 4.69) is 9.97 Å². The molecule has 1 atom stereocenters. The molecule has 24 heavy (non-hydrogen) atoms. The van der Waals surface area contributed by atoms with Crippen molar-refractivity contribution in [2.75, 3.05) is 0 Å². The molecule has 4 nitrogen and oxygen atoms in total. The van der Waals surface area contributed by atoms with Gasteiger partial charge in [0.15, 0.2) is 4.34 Å². The second kappa shape index (κ2) is 6.44. The highest BCUT2D eigenvalue weighted by Crippen LogP contribution is 2.37. The summed E-state index contributed by atoms with van der Waals surface area (Å²) in [5.74, 6) is 0.699. The van der Waals surface area contributed by atoms with Crippen LogP contribution in [0.3, 0.4) is 0 Å². The van der Waals surface area contributed by atoms with Crippen LogP contribution in [0.5, 0.6) is 0 Å². The maximum absolute atomic E-state index is 12.6. The Morgan fingerprint density at radius 1 is 1.21 bits per heavy atom. The second-order valence-corrected chi connectivity index (χ2v) is 9.52. The first-order valence-corrected chi connectivity index (χ1v) is 10.8. The van der Waals surface area contributed by atoms with E-state index in [-0.39, 0.29) is 10.8 Å². The predicted molar refractivity (Wildman–Crippen MR) is 105 cm³/mol. The number of H-pyrrole nitrogens is 1. The van der Waals surface area contributed by atoms with Gasteiger partial charge in [0.25, 0.3) is 5.56 Å². The monoisotopic (exact) mass is 391 g/mol. The van der Waals surface area contributed by atoms with E-state index >= 15 is 0 Å². The summed E-state index contributed by atoms with van der Waals surface area (Å²) in [6, 6.07) is 4.02. The molecule has 0 radical (unpaired) electrons. The van der Waals surface area contributed by atoms with Crippen LogP contribution in [0.25, 0.3) is 20.7 Å². The number of nitrogens with one attached hydrogen (secondary N) is 1. The van der Waals surface area contributed by atoms with Crippen molar-refractivity contribution in [3.05, 3.63) is 50.1 Å². The summed E-state index contributed by atoms with van der Waals surface area (Å²) in [5.41, 5.74) is 1.93. The van der Waals surface area contributed by atoms with Crippen molar-refractivity contribution in [3.8, 4) is 10.4 Å². The highest BCUT2D eigenvalue weighted by molar-refractivity contribution is 8.01. The van der Waals surface area contributed by atoms with Gasteiger partial charge in [-0.25, -0.2) is 9.97 Å². The normalized spacial score (nSPS) is 12.8. The van der Waals surface area contributed by atoms with Crippen LogP contribution in [0.1, 0.15) is 23.7 Å². The van der Waals surface area contributed by atoms with Crippen LogP contribution in [0.15, 0.2) is 37.4 Å². The maximum atomic E-state index is 12.6. The number of hydrogen-bond acceptors (Lipinski definition) is 7. The zero-order valence-electron chi connectivity index (χ0n) is 12.9. The van der Waals surface area contributed by atoms with Crippen LogP contribution in [0, 0.1) is 6.92 Å². The molecule has 0 saturated carbocycles. The molecule has 4 aromatic heterocycles. The third-order valence-electron chi connectivity index (χ3n) is 3.51. The highest BCUT2D eigenvalue weighted by atomic mass is 32.2. The lowest BCUT2D eigenvalue weighted by atomic mass is 10.2. The molecule has 122 valence electrons. The zero-order chi connectivity index (χ0) is 16.7. The summed E-state index contributed by atoms with van der Waals surface area (Å²) in [6.45, 7) is 4.02. The minimum absolute atomic E-state index is 0.0416. The Bertz CT molecular complexity index is 1050. The van der Waals surface area contributed by atoms with E-state index in [1.807, 2.05) is 42.1 Å². The molecule has 4 heterocycles. The van der Waals surface area contributed by atoms with Gasteiger partial charge in [-0.1, -0.05) is 17.8 Å². The van der Waals surface area contributed by atoms with Crippen molar-refractivity contribution < 1.29 is 0 Å². The fourth-order valence-electron chi connectivity index (χ4n) is 2.36. The molecule has 0 amide bonds. The Morgan fingerprint density at radius 3 is 2.79 bits per heavy atom. The average Bonchev–Trinajstić information content (AvgIpc) is 3.27. The van der Waals surface area contributed by atoms with E-state index in [1.165, 1.54) is 11.3 Å². The van der Waals surface area contributed by atoms with E-state index in [1.54, 1.807) is 34.4 Å². The van der Waals surface area contributed by atoms with Gasteiger partial charge in [0, 0.05) is 26.9 Å². The van der Waals surface area contributed by atoms with Gasteiger partial charge in [0.2, 0.25) is 0 Å². The molecular weight excluding hydrogens is 378 g/mol. The van der Waals surface area contributed by atoms with Crippen LogP contribution in [0.4, 0.5) is 0 Å². The van der Waals surface area contributed by atoms with E-state index in [9.17, 15) is 4.79 Å². The van der Waals surface area contributed by atoms with Crippen LogP contribution < -0.4 is 5.56 Å². The summed E-state index contributed by atoms with van der Waals surface area (Å²) in [5, 5.41) is 6.79. The van der Waals surface area contributed by atoms with Gasteiger partial charge in [-0.15, -0.1) is 34.0 Å². The number of rotatable bonds is 4. The summed E-state index contributed by atoms with van der Waals surface area (Å²) in [4.78, 5) is 26.6. The predicted octanol–water partition coefficient (Wildman–Crippen LogP) is 5.33. The van der Waals surface area contributed by atoms with E-state index < -0.39 is 0 Å². The topological polar surface area (TPSA) is 58.6 Å². The summed E-state index contributed by atoms with van der Waals surface area (Å²) < 4.78 is 0.994. The molecule has 0 unspecified atom stereocenters. The van der Waals surface area contributed by atoms with E-state index in [0.29, 0.717) is 11.2 Å². The van der Waals surface area contributed by atoms with Crippen molar-refractivity contribution in [3.63, 3.8) is 0 Å². The molecule has 0 bridgehead atoms. The highest BCUT2D eigenvalue weighted by Gasteiger charge is 2.17. The number of aryl methyl sites for hydroxylation is 1. The lowest BCUT2D eigenvalue weighted by Gasteiger charge is -2.08. The van der Waals surface area contributed by atoms with Gasteiger partial charge in [0.05, 0.1) is 10.6 Å². The molecule has 8 heteroatoms. The molecule has 4 rings (SSSR count). The van der Waals surface area contributed by atoms with Crippen LogP contribution in [0.2, 0.25) is 0 Å². The van der Waals surface area contributed by atoms with Crippen molar-refractivity contribution in [1.82, 2.24) is 15.0 Å². The number of nitrogens with zero attached hydrogens (tertiary/aromatic N) is 2. The van der Waals surface area contributed by atoms with Gasteiger partial charge in [-0.3, -0.25) is 4.79 Å². The zero-order valence-corrected chi connectivity index (χ0v) is 16.2. The fraction of sp³-hybridized carbons (Fsp3) is 0.188. The SMILES string of the molecule is Cc1csc(S[C@H](C)c2nc3scc(-c4cccs4)c3c(=O)[nH]2)n1. The number of thiophene rings is 2. The number of aromatic nitrogens is 3. The third kappa shape index (κ3) is 2.95. The first-order valence-electron chi connectivity index (χ1n) is 7.26. The Balaban J connectivity index is 1.72. The van der Waals surface area contributed by atoms with Gasteiger partial charge in [0.1, 0.15) is 10.7 Å². The number of thiazole rings is 1. The summed E-state index contributed by atoms with van der Waals surface area (Å²) in [7, 11) is 0. The summed E-state index contributed by atoms with van der Waals surface area (Å²) >= 11 is 6.40. The molecule has 0 aliphatic heterocycles. The summed E-state index contributed by atoms with van der Waals surface area (Å²) in [6.07, 6.45) is 0. The maximum Gasteiger partial charge on any atom is 0.260 e. The Kier molecular flexibility index (Phi) is 4.29. The van der Waals surface area contributed by atoms with Crippen molar-refractivity contribution in [2.24, 2.45) is 0 Å². The van der Waals surface area contributed by atoms with Gasteiger partial charge in [-0.2, -0.15) is 0 Å². The average molecular weight is 392 g/mol. The minimum atomic E-state index is -0.0672. The second-order valence-electron chi connectivity index (χ2n) is 5.27. The molecule has 0 fully saturated rings. The molecule has 0 aliphatic rings. The van der Waals surface area contributed by atoms with Crippen LogP contribution >= 0.6 is 45.8 Å². The van der Waals surface area contributed by atoms with Crippen molar-refractivity contribution in [1.29, 1.82) is 0 Å². The van der Waals surface area contributed by atoms with Gasteiger partial charge in [-0.05, 0) is 25.3 Å². The largest absolute Gasteiger partial charge is 0.309 e. The van der Waals surface area contributed by atoms with Crippen molar-refractivity contribution >= 4 is 56.0 Å². The van der Waals surface area contributed by atoms with E-state index in [4.69, 9.17) is 4.98 Å². The molecule has 0 spiro atoms. The Morgan fingerprint density at radius 2 is 2.08 bits per heavy atom. The third-order valence-corrected chi connectivity index (χ3v) is 7.48. The molecule has 0 aromatic carbocycles. The fourth-order valence-corrected chi connectivity index (χ4v) is 6.18. The quantitative estimate of drug-likeness (QED) is 0.478. The lowest BCUT2D eigenvalue weighted by molar-refractivity contribution is 0.924. The Hall–Kier alpha value is -1.48. The number of hydrogen-bond donors (Lipinski definition) is 1. The molecular formula is C16H13N3OS4. The smallest absolute Gasteiger partial charge is 0.260 e. The Labute approximate surface area is 154 Å². The lowest BCUT2D eigenvalue weighted by Crippen LogP contribution is -2.12. The van der Waals surface area contributed by atoms with Crippen LogP contribution in [-0.4, -0.2) is 15.0 Å². The molecule has 4 aromatic rings. The van der Waals surface area contributed by atoms with Crippen LogP contribution in [-0.2, 0) is 0 Å². The first kappa shape index (κ1) is 16.0. The number of aromatic amines is 1. The minimum Gasteiger partial charge on any atom is -0.309 e.